The molecular formula is C36H36O6. The van der Waals surface area contributed by atoms with E-state index in [9.17, 15) is 4.79 Å². The molecule has 5 rings (SSSR count). The molecule has 0 saturated carbocycles. The molecule has 0 aliphatic carbocycles. The van der Waals surface area contributed by atoms with Gasteiger partial charge in [0.1, 0.15) is 30.7 Å². The van der Waals surface area contributed by atoms with E-state index in [1.807, 2.05) is 121 Å². The second kappa shape index (κ2) is 15.9. The Morgan fingerprint density at radius 3 is 1.31 bits per heavy atom. The molecule has 1 aliphatic heterocycles. The molecule has 0 aromatic heterocycles. The first kappa shape index (κ1) is 29.6. The molecule has 1 saturated heterocycles. The average molecular weight is 565 g/mol. The molecule has 0 radical (unpaired) electrons. The van der Waals surface area contributed by atoms with Crippen LogP contribution in [0, 0.1) is 0 Å². The molecule has 216 valence electrons. The number of allylic oxidation sites excluding steroid dienone is 1. The van der Waals surface area contributed by atoms with Crippen LogP contribution in [0.25, 0.3) is 0 Å². The van der Waals surface area contributed by atoms with E-state index in [0.29, 0.717) is 26.4 Å². The number of rotatable bonds is 14. The monoisotopic (exact) mass is 564 g/mol. The fourth-order valence-corrected chi connectivity index (χ4v) is 4.89. The van der Waals surface area contributed by atoms with Crippen LogP contribution in [0.2, 0.25) is 0 Å². The first-order valence-electron chi connectivity index (χ1n) is 14.2. The maximum Gasteiger partial charge on any atom is 0.187 e. The van der Waals surface area contributed by atoms with Gasteiger partial charge in [-0.3, -0.25) is 4.79 Å². The zero-order valence-corrected chi connectivity index (χ0v) is 23.4. The van der Waals surface area contributed by atoms with E-state index in [0.717, 1.165) is 28.5 Å². The number of carbonyl (C=O) groups excluding carboxylic acids is 1. The van der Waals surface area contributed by atoms with Gasteiger partial charge < -0.3 is 23.7 Å². The van der Waals surface area contributed by atoms with Crippen molar-refractivity contribution in [3.63, 3.8) is 0 Å². The lowest BCUT2D eigenvalue weighted by atomic mass is 9.97. The van der Waals surface area contributed by atoms with Crippen molar-refractivity contribution in [2.24, 2.45) is 0 Å². The predicted molar refractivity (Wildman–Crippen MR) is 160 cm³/mol. The van der Waals surface area contributed by atoms with Crippen LogP contribution < -0.4 is 0 Å². The van der Waals surface area contributed by atoms with Gasteiger partial charge >= 0.3 is 0 Å². The molecule has 0 amide bonds. The van der Waals surface area contributed by atoms with Crippen molar-refractivity contribution in [3.8, 4) is 0 Å². The molecule has 42 heavy (non-hydrogen) atoms. The van der Waals surface area contributed by atoms with Crippen molar-refractivity contribution in [1.82, 2.24) is 0 Å². The van der Waals surface area contributed by atoms with Gasteiger partial charge in [0.25, 0.3) is 0 Å². The minimum atomic E-state index is -0.785. The first-order chi connectivity index (χ1) is 20.8. The molecule has 4 aromatic rings. The summed E-state index contributed by atoms with van der Waals surface area (Å²) < 4.78 is 32.6. The molecule has 1 fully saturated rings. The van der Waals surface area contributed by atoms with Crippen LogP contribution in [-0.2, 0) is 54.9 Å². The Balaban J connectivity index is 1.45. The highest BCUT2D eigenvalue weighted by molar-refractivity contribution is 5.64. The summed E-state index contributed by atoms with van der Waals surface area (Å²) in [6.45, 7) is 1.34. The Kier molecular flexibility index (Phi) is 11.2. The van der Waals surface area contributed by atoms with Gasteiger partial charge in [-0.2, -0.15) is 0 Å². The van der Waals surface area contributed by atoms with Crippen molar-refractivity contribution in [3.05, 3.63) is 156 Å². The van der Waals surface area contributed by atoms with Gasteiger partial charge in [0.05, 0.1) is 26.4 Å². The van der Waals surface area contributed by atoms with Gasteiger partial charge in [-0.15, -0.1) is 0 Å². The number of hydrogen-bond donors (Lipinski definition) is 0. The molecule has 1 heterocycles. The highest BCUT2D eigenvalue weighted by Gasteiger charge is 2.48. The van der Waals surface area contributed by atoms with Crippen molar-refractivity contribution < 1.29 is 28.5 Å². The third-order valence-electron chi connectivity index (χ3n) is 7.02. The molecular weight excluding hydrogens is 528 g/mol. The van der Waals surface area contributed by atoms with E-state index in [4.69, 9.17) is 23.7 Å². The van der Waals surface area contributed by atoms with Gasteiger partial charge in [-0.25, -0.2) is 0 Å². The second-order valence-electron chi connectivity index (χ2n) is 10.1. The number of hydrogen-bond acceptors (Lipinski definition) is 6. The Morgan fingerprint density at radius 1 is 0.500 bits per heavy atom. The lowest BCUT2D eigenvalue weighted by molar-refractivity contribution is -0.317. The van der Waals surface area contributed by atoms with Gasteiger partial charge in [-0.1, -0.05) is 121 Å². The van der Waals surface area contributed by atoms with E-state index in [1.54, 1.807) is 6.08 Å². The third-order valence-corrected chi connectivity index (χ3v) is 7.02. The minimum absolute atomic E-state index is 0.321. The number of benzene rings is 4. The summed E-state index contributed by atoms with van der Waals surface area (Å²) in [6.07, 6.45) is 0.681. The molecule has 4 aromatic carbocycles. The Labute approximate surface area is 247 Å². The highest BCUT2D eigenvalue weighted by atomic mass is 16.7. The topological polar surface area (TPSA) is 63.2 Å². The summed E-state index contributed by atoms with van der Waals surface area (Å²) in [6, 6.07) is 39.8. The van der Waals surface area contributed by atoms with E-state index < -0.39 is 30.7 Å². The Hall–Kier alpha value is -3.91. The van der Waals surface area contributed by atoms with Gasteiger partial charge in [0.15, 0.2) is 6.29 Å². The maximum absolute atomic E-state index is 11.4. The molecule has 0 N–H and O–H groups in total. The number of ether oxygens (including phenoxy) is 5. The van der Waals surface area contributed by atoms with Crippen LogP contribution in [0.5, 0.6) is 0 Å². The second-order valence-corrected chi connectivity index (χ2v) is 10.1. The summed E-state index contributed by atoms with van der Waals surface area (Å²) in [4.78, 5) is 11.4. The van der Waals surface area contributed by atoms with Gasteiger partial charge in [0.2, 0.25) is 0 Å². The predicted octanol–water partition coefficient (Wildman–Crippen LogP) is 6.44. The Bertz CT molecular complexity index is 1350. The maximum atomic E-state index is 11.4. The smallest absolute Gasteiger partial charge is 0.187 e. The third kappa shape index (κ3) is 8.55. The number of carbonyl (C=O) groups is 1. The molecule has 6 nitrogen and oxygen atoms in total. The fraction of sp³-hybridized carbons (Fsp3) is 0.250. The molecule has 1 unspecified atom stereocenters. The lowest BCUT2D eigenvalue weighted by Crippen LogP contribution is -2.60. The van der Waals surface area contributed by atoms with Crippen LogP contribution in [0.1, 0.15) is 22.3 Å². The van der Waals surface area contributed by atoms with E-state index in [1.165, 1.54) is 6.08 Å². The molecule has 1 aliphatic rings. The highest BCUT2D eigenvalue weighted by Crippen LogP contribution is 2.32. The number of aldehydes is 1. The van der Waals surface area contributed by atoms with Crippen LogP contribution in [0.4, 0.5) is 0 Å². The lowest BCUT2D eigenvalue weighted by Gasteiger charge is -2.45. The zero-order valence-electron chi connectivity index (χ0n) is 23.4. The average Bonchev–Trinajstić information content (AvgIpc) is 3.06. The SMILES string of the molecule is O=C/C=C/C1O[C@@H](OCc2ccccc2)[C@@H](OCc2ccccc2)[C@H](OCc2ccccc2)[C@H]1OCc1ccccc1. The molecule has 6 heteroatoms. The van der Waals surface area contributed by atoms with Crippen molar-refractivity contribution in [2.45, 2.75) is 57.1 Å². The fourth-order valence-electron chi connectivity index (χ4n) is 4.89. The molecule has 5 atom stereocenters. The summed E-state index contributed by atoms with van der Waals surface area (Å²) in [5.41, 5.74) is 4.06. The zero-order chi connectivity index (χ0) is 28.8. The van der Waals surface area contributed by atoms with E-state index >= 15 is 0 Å². The Morgan fingerprint density at radius 2 is 0.881 bits per heavy atom. The summed E-state index contributed by atoms with van der Waals surface area (Å²) in [5, 5.41) is 0. The molecule has 0 spiro atoms. The van der Waals surface area contributed by atoms with E-state index in [-0.39, 0.29) is 0 Å². The van der Waals surface area contributed by atoms with Crippen molar-refractivity contribution in [2.75, 3.05) is 0 Å². The quantitative estimate of drug-likeness (QED) is 0.130. The summed E-state index contributed by atoms with van der Waals surface area (Å²) in [7, 11) is 0. The van der Waals surface area contributed by atoms with Crippen molar-refractivity contribution >= 4 is 6.29 Å². The largest absolute Gasteiger partial charge is 0.368 e. The summed E-state index contributed by atoms with van der Waals surface area (Å²) >= 11 is 0. The van der Waals surface area contributed by atoms with Crippen LogP contribution >= 0.6 is 0 Å². The summed E-state index contributed by atoms with van der Waals surface area (Å²) in [5.74, 6) is 0. The normalized spacial score (nSPS) is 22.2. The van der Waals surface area contributed by atoms with Crippen molar-refractivity contribution in [1.29, 1.82) is 0 Å². The molecule has 0 bridgehead atoms. The van der Waals surface area contributed by atoms with Crippen LogP contribution in [0.15, 0.2) is 133 Å². The van der Waals surface area contributed by atoms with E-state index in [2.05, 4.69) is 0 Å². The standard InChI is InChI=1S/C36H36O6/c37-23-13-22-32-33(38-24-28-14-5-1-6-15-28)34(39-25-29-16-7-2-8-17-29)35(40-26-30-18-9-3-10-19-30)36(42-32)41-27-31-20-11-4-12-21-31/h1-23,32-36H,24-27H2/b22-13+/t32?,33-,34+,35-,36+/m0/s1. The minimum Gasteiger partial charge on any atom is -0.368 e. The van der Waals surface area contributed by atoms with Gasteiger partial charge in [0, 0.05) is 0 Å². The van der Waals surface area contributed by atoms with Crippen LogP contribution in [0.3, 0.4) is 0 Å². The van der Waals surface area contributed by atoms with Gasteiger partial charge in [-0.05, 0) is 34.4 Å². The van der Waals surface area contributed by atoms with Crippen LogP contribution in [-0.4, -0.2) is 37.0 Å². The first-order valence-corrected chi connectivity index (χ1v) is 14.2.